The van der Waals surface area contributed by atoms with E-state index in [0.29, 0.717) is 18.8 Å². The Morgan fingerprint density at radius 3 is 2.89 bits per heavy atom. The molecule has 1 aliphatic heterocycles. The van der Waals surface area contributed by atoms with Crippen LogP contribution in [-0.2, 0) is 11.3 Å². The van der Waals surface area contributed by atoms with Crippen molar-refractivity contribution in [3.05, 3.63) is 35.8 Å². The maximum atomic E-state index is 13.0. The first-order chi connectivity index (χ1) is 13.0. The van der Waals surface area contributed by atoms with Crippen LogP contribution in [0.1, 0.15) is 55.2 Å². The van der Waals surface area contributed by atoms with Gasteiger partial charge in [-0.15, -0.1) is 0 Å². The van der Waals surface area contributed by atoms with Crippen LogP contribution in [0, 0.1) is 0 Å². The van der Waals surface area contributed by atoms with Crippen LogP contribution in [0.5, 0.6) is 0 Å². The first kappa shape index (κ1) is 19.4. The number of amides is 2. The molecule has 0 aliphatic carbocycles. The monoisotopic (exact) mass is 371 g/mol. The van der Waals surface area contributed by atoms with E-state index in [-0.39, 0.29) is 17.9 Å². The van der Waals surface area contributed by atoms with Crippen LogP contribution in [0.15, 0.2) is 24.4 Å². The topological polar surface area (TPSA) is 83.9 Å². The number of hydrogen-bond donors (Lipinski definition) is 1. The lowest BCUT2D eigenvalue weighted by Crippen LogP contribution is -2.47. The van der Waals surface area contributed by atoms with Gasteiger partial charge in [-0.2, -0.15) is 0 Å². The fraction of sp³-hybridized carbons (Fsp3) is 0.550. The van der Waals surface area contributed by atoms with Gasteiger partial charge in [-0.1, -0.05) is 25.8 Å². The van der Waals surface area contributed by atoms with Gasteiger partial charge in [0.1, 0.15) is 5.65 Å². The molecule has 1 atom stereocenters. The molecule has 3 heterocycles. The second-order valence-electron chi connectivity index (χ2n) is 7.30. The lowest BCUT2D eigenvalue weighted by Gasteiger charge is -2.33. The highest BCUT2D eigenvalue weighted by molar-refractivity contribution is 5.94. The van der Waals surface area contributed by atoms with Crippen molar-refractivity contribution >= 4 is 17.5 Å². The van der Waals surface area contributed by atoms with Crippen LogP contribution < -0.4 is 5.73 Å². The number of likely N-dealkylation sites (tertiary alicyclic amines) is 1. The standard InChI is InChI=1S/C20H29N5O2/c1-3-4-11-23(2)20(27)18-16(25-13-8-6-10-17(25)22-18)14-24-12-7-5-9-15(24)19(21)26/h6,8,10,13,15H,3-5,7,9,11-12,14H2,1-2H3,(H2,21,26)/t15-/m0/s1. The summed E-state index contributed by atoms with van der Waals surface area (Å²) in [5, 5.41) is 0. The second kappa shape index (κ2) is 8.52. The van der Waals surface area contributed by atoms with Crippen LogP contribution in [0.4, 0.5) is 0 Å². The van der Waals surface area contributed by atoms with Crippen molar-refractivity contribution in [1.29, 1.82) is 0 Å². The van der Waals surface area contributed by atoms with Crippen molar-refractivity contribution < 1.29 is 9.59 Å². The molecule has 0 aromatic carbocycles. The molecular formula is C20H29N5O2. The maximum Gasteiger partial charge on any atom is 0.274 e. The summed E-state index contributed by atoms with van der Waals surface area (Å²) in [5.41, 5.74) is 7.66. The molecule has 27 heavy (non-hydrogen) atoms. The zero-order valence-electron chi connectivity index (χ0n) is 16.2. The lowest BCUT2D eigenvalue weighted by molar-refractivity contribution is -0.124. The molecule has 0 spiro atoms. The third-order valence-corrected chi connectivity index (χ3v) is 5.32. The van der Waals surface area contributed by atoms with E-state index in [9.17, 15) is 9.59 Å². The lowest BCUT2D eigenvalue weighted by atomic mass is 10.0. The fourth-order valence-electron chi connectivity index (χ4n) is 3.74. The summed E-state index contributed by atoms with van der Waals surface area (Å²) in [6.07, 6.45) is 6.71. The summed E-state index contributed by atoms with van der Waals surface area (Å²) in [4.78, 5) is 33.4. The number of nitrogens with zero attached hydrogens (tertiary/aromatic N) is 4. The SMILES string of the molecule is CCCCN(C)C(=O)c1nc2ccccn2c1CN1CCCC[C@H]1C(N)=O. The summed E-state index contributed by atoms with van der Waals surface area (Å²) in [5.74, 6) is -0.369. The Morgan fingerprint density at radius 2 is 2.15 bits per heavy atom. The normalized spacial score (nSPS) is 17.9. The van der Waals surface area contributed by atoms with E-state index < -0.39 is 0 Å². The van der Waals surface area contributed by atoms with Gasteiger partial charge in [0.15, 0.2) is 5.69 Å². The van der Waals surface area contributed by atoms with Gasteiger partial charge in [-0.05, 0) is 37.9 Å². The van der Waals surface area contributed by atoms with Crippen LogP contribution in [0.2, 0.25) is 0 Å². The van der Waals surface area contributed by atoms with Crippen LogP contribution in [0.3, 0.4) is 0 Å². The number of aromatic nitrogens is 2. The minimum absolute atomic E-state index is 0.0743. The number of hydrogen-bond acceptors (Lipinski definition) is 4. The Morgan fingerprint density at radius 1 is 1.33 bits per heavy atom. The van der Waals surface area contributed by atoms with E-state index in [1.807, 2.05) is 35.8 Å². The van der Waals surface area contributed by atoms with Gasteiger partial charge < -0.3 is 15.0 Å². The Bertz CT molecular complexity index is 816. The second-order valence-corrected chi connectivity index (χ2v) is 7.30. The van der Waals surface area contributed by atoms with E-state index in [1.54, 1.807) is 4.90 Å². The molecule has 3 rings (SSSR count). The highest BCUT2D eigenvalue weighted by atomic mass is 16.2. The molecule has 2 aromatic heterocycles. The molecule has 2 amide bonds. The van der Waals surface area contributed by atoms with Gasteiger partial charge in [0.2, 0.25) is 5.91 Å². The Labute approximate surface area is 160 Å². The third-order valence-electron chi connectivity index (χ3n) is 5.32. The summed E-state index contributed by atoms with van der Waals surface area (Å²) >= 11 is 0. The smallest absolute Gasteiger partial charge is 0.274 e. The van der Waals surface area contributed by atoms with Gasteiger partial charge in [0.05, 0.1) is 11.7 Å². The van der Waals surface area contributed by atoms with Gasteiger partial charge in [-0.25, -0.2) is 4.98 Å². The molecule has 2 N–H and O–H groups in total. The van der Waals surface area contributed by atoms with Crippen molar-refractivity contribution in [2.45, 2.75) is 51.6 Å². The Balaban J connectivity index is 1.95. The highest BCUT2D eigenvalue weighted by Gasteiger charge is 2.30. The molecule has 1 saturated heterocycles. The number of carbonyl (C=O) groups is 2. The largest absolute Gasteiger partial charge is 0.368 e. The summed E-state index contributed by atoms with van der Waals surface area (Å²) < 4.78 is 1.95. The molecule has 7 nitrogen and oxygen atoms in total. The van der Waals surface area contributed by atoms with E-state index in [1.165, 1.54) is 0 Å². The molecule has 7 heteroatoms. The molecule has 146 valence electrons. The zero-order chi connectivity index (χ0) is 19.4. The van der Waals surface area contributed by atoms with Crippen molar-refractivity contribution in [2.75, 3.05) is 20.1 Å². The van der Waals surface area contributed by atoms with Gasteiger partial charge >= 0.3 is 0 Å². The first-order valence-electron chi connectivity index (χ1n) is 9.77. The fourth-order valence-corrected chi connectivity index (χ4v) is 3.74. The molecule has 1 fully saturated rings. The Hall–Kier alpha value is -2.41. The number of imidazole rings is 1. The number of piperidine rings is 1. The van der Waals surface area contributed by atoms with Crippen molar-refractivity contribution in [3.63, 3.8) is 0 Å². The minimum atomic E-state index is -0.295. The minimum Gasteiger partial charge on any atom is -0.368 e. The van der Waals surface area contributed by atoms with Gasteiger partial charge in [-0.3, -0.25) is 14.5 Å². The molecule has 0 unspecified atom stereocenters. The number of primary amides is 1. The number of fused-ring (bicyclic) bond motifs is 1. The van der Waals surface area contributed by atoms with Crippen molar-refractivity contribution in [1.82, 2.24) is 19.2 Å². The van der Waals surface area contributed by atoms with E-state index in [0.717, 1.165) is 50.0 Å². The van der Waals surface area contributed by atoms with Crippen LogP contribution in [0.25, 0.3) is 5.65 Å². The molecule has 0 radical (unpaired) electrons. The number of rotatable bonds is 7. The molecular weight excluding hydrogens is 342 g/mol. The maximum absolute atomic E-state index is 13.0. The summed E-state index contributed by atoms with van der Waals surface area (Å²) in [6.45, 7) is 4.10. The first-order valence-corrected chi connectivity index (χ1v) is 9.77. The highest BCUT2D eigenvalue weighted by Crippen LogP contribution is 2.23. The molecule has 0 saturated carbocycles. The van der Waals surface area contributed by atoms with Crippen molar-refractivity contribution in [3.8, 4) is 0 Å². The predicted molar refractivity (Wildman–Crippen MR) is 104 cm³/mol. The van der Waals surface area contributed by atoms with Crippen molar-refractivity contribution in [2.24, 2.45) is 5.73 Å². The quantitative estimate of drug-likeness (QED) is 0.807. The average molecular weight is 371 g/mol. The van der Waals surface area contributed by atoms with E-state index >= 15 is 0 Å². The number of pyridine rings is 1. The number of carbonyl (C=O) groups excluding carboxylic acids is 2. The molecule has 2 aromatic rings. The number of unbranched alkanes of at least 4 members (excludes halogenated alkanes) is 1. The Kier molecular flexibility index (Phi) is 6.11. The van der Waals surface area contributed by atoms with Crippen LogP contribution in [-0.4, -0.2) is 57.2 Å². The van der Waals surface area contributed by atoms with Gasteiger partial charge in [0.25, 0.3) is 5.91 Å². The van der Waals surface area contributed by atoms with E-state index in [4.69, 9.17) is 5.73 Å². The predicted octanol–water partition coefficient (Wildman–Crippen LogP) is 2.05. The van der Waals surface area contributed by atoms with Gasteiger partial charge in [0, 0.05) is 26.3 Å². The van der Waals surface area contributed by atoms with Crippen LogP contribution >= 0.6 is 0 Å². The third kappa shape index (κ3) is 4.13. The average Bonchev–Trinajstić information content (AvgIpc) is 3.04. The zero-order valence-corrected chi connectivity index (χ0v) is 16.2. The molecule has 0 bridgehead atoms. The number of nitrogens with two attached hydrogens (primary N) is 1. The van der Waals surface area contributed by atoms with E-state index in [2.05, 4.69) is 16.8 Å². The molecule has 1 aliphatic rings. The summed E-state index contributed by atoms with van der Waals surface area (Å²) in [6, 6.07) is 5.45. The summed E-state index contributed by atoms with van der Waals surface area (Å²) in [7, 11) is 1.82.